The maximum absolute atomic E-state index is 12.6. The monoisotopic (exact) mass is 306 g/mol. The number of aliphatic hydroxyl groups excluding tert-OH is 1. The number of carbonyl (C=O) groups excluding carboxylic acids is 2. The van der Waals surface area contributed by atoms with Crippen molar-refractivity contribution in [2.45, 2.75) is 33.6 Å². The van der Waals surface area contributed by atoms with Crippen LogP contribution in [0.15, 0.2) is 6.20 Å². The number of aromatic nitrogens is 1. The molecular formula is C15H18N2O3S. The Labute approximate surface area is 128 Å². The molecule has 1 atom stereocenters. The molecular weight excluding hydrogens is 288 g/mol. The summed E-state index contributed by atoms with van der Waals surface area (Å²) in [4.78, 5) is 30.7. The van der Waals surface area contributed by atoms with Crippen LogP contribution in [-0.2, 0) is 9.59 Å². The van der Waals surface area contributed by atoms with Crippen LogP contribution in [0.4, 0.5) is 5.13 Å². The van der Waals surface area contributed by atoms with Gasteiger partial charge in [-0.15, -0.1) is 0 Å². The van der Waals surface area contributed by atoms with E-state index in [4.69, 9.17) is 5.11 Å². The molecule has 21 heavy (non-hydrogen) atoms. The lowest BCUT2D eigenvalue weighted by Gasteiger charge is -2.25. The van der Waals surface area contributed by atoms with E-state index in [0.717, 1.165) is 0 Å². The minimum absolute atomic E-state index is 0.00843. The van der Waals surface area contributed by atoms with Crippen LogP contribution in [0.1, 0.15) is 38.5 Å². The molecule has 0 bridgehead atoms. The summed E-state index contributed by atoms with van der Waals surface area (Å²) in [5.41, 5.74) is -0.661. The minimum Gasteiger partial charge on any atom is -0.395 e. The zero-order valence-electron chi connectivity index (χ0n) is 12.3. The van der Waals surface area contributed by atoms with E-state index in [2.05, 4.69) is 16.8 Å². The highest BCUT2D eigenvalue weighted by atomic mass is 32.1. The smallest absolute Gasteiger partial charge is 0.242 e. The molecule has 0 spiro atoms. The van der Waals surface area contributed by atoms with Crippen molar-refractivity contribution in [2.24, 2.45) is 11.3 Å². The van der Waals surface area contributed by atoms with Gasteiger partial charge in [0.1, 0.15) is 0 Å². The van der Waals surface area contributed by atoms with Crippen molar-refractivity contribution in [1.29, 1.82) is 0 Å². The quantitative estimate of drug-likeness (QED) is 0.683. The second-order valence-electron chi connectivity index (χ2n) is 5.57. The Bertz CT molecular complexity index is 626. The Morgan fingerprint density at radius 2 is 2.24 bits per heavy atom. The highest BCUT2D eigenvalue weighted by Gasteiger charge is 2.51. The normalized spacial score (nSPS) is 21.9. The molecule has 0 saturated carbocycles. The third-order valence-electron chi connectivity index (χ3n) is 3.87. The van der Waals surface area contributed by atoms with Crippen LogP contribution in [0.25, 0.3) is 0 Å². The van der Waals surface area contributed by atoms with Crippen molar-refractivity contribution >= 4 is 28.3 Å². The van der Waals surface area contributed by atoms with Gasteiger partial charge in [0.15, 0.2) is 5.13 Å². The molecule has 0 radical (unpaired) electrons. The first-order chi connectivity index (χ1) is 9.90. The van der Waals surface area contributed by atoms with Gasteiger partial charge < -0.3 is 5.11 Å². The summed E-state index contributed by atoms with van der Waals surface area (Å²) >= 11 is 1.22. The van der Waals surface area contributed by atoms with Gasteiger partial charge in [0.2, 0.25) is 11.8 Å². The average Bonchev–Trinajstić information content (AvgIpc) is 2.95. The second kappa shape index (κ2) is 5.96. The zero-order chi connectivity index (χ0) is 15.6. The van der Waals surface area contributed by atoms with Gasteiger partial charge in [0.25, 0.3) is 0 Å². The SMILES string of the molecule is CC(C)C1(C)CC(=O)N(c2ncc(C#CCCO)s2)C1=O. The zero-order valence-corrected chi connectivity index (χ0v) is 13.2. The van der Waals surface area contributed by atoms with Crippen molar-refractivity contribution in [3.63, 3.8) is 0 Å². The highest BCUT2D eigenvalue weighted by Crippen LogP contribution is 2.41. The molecule has 0 aliphatic carbocycles. The van der Waals surface area contributed by atoms with E-state index < -0.39 is 5.41 Å². The summed E-state index contributed by atoms with van der Waals surface area (Å²) < 4.78 is 0. The van der Waals surface area contributed by atoms with Gasteiger partial charge in [-0.3, -0.25) is 9.59 Å². The third-order valence-corrected chi connectivity index (χ3v) is 4.76. The molecule has 1 aliphatic rings. The van der Waals surface area contributed by atoms with E-state index in [9.17, 15) is 9.59 Å². The molecule has 0 aromatic carbocycles. The third kappa shape index (κ3) is 2.85. The van der Waals surface area contributed by atoms with Crippen LogP contribution >= 0.6 is 11.3 Å². The second-order valence-corrected chi connectivity index (χ2v) is 6.57. The summed E-state index contributed by atoms with van der Waals surface area (Å²) in [6.45, 7) is 5.73. The van der Waals surface area contributed by atoms with Gasteiger partial charge in [-0.1, -0.05) is 37.0 Å². The number of aliphatic hydroxyl groups is 1. The number of thiazole rings is 1. The summed E-state index contributed by atoms with van der Waals surface area (Å²) in [6.07, 6.45) is 2.16. The number of amides is 2. The van der Waals surface area contributed by atoms with E-state index in [1.54, 1.807) is 6.20 Å². The van der Waals surface area contributed by atoms with Crippen LogP contribution in [-0.4, -0.2) is 28.5 Å². The van der Waals surface area contributed by atoms with Crippen molar-refractivity contribution in [2.75, 3.05) is 11.5 Å². The van der Waals surface area contributed by atoms with Crippen molar-refractivity contribution in [1.82, 2.24) is 4.98 Å². The number of rotatable bonds is 3. The predicted octanol–water partition coefficient (Wildman–Crippen LogP) is 1.80. The molecule has 2 heterocycles. The first kappa shape index (κ1) is 15.7. The number of imide groups is 1. The van der Waals surface area contributed by atoms with E-state index in [1.165, 1.54) is 16.2 Å². The van der Waals surface area contributed by atoms with Gasteiger partial charge in [-0.05, 0) is 12.8 Å². The first-order valence-electron chi connectivity index (χ1n) is 6.83. The fourth-order valence-electron chi connectivity index (χ4n) is 2.11. The summed E-state index contributed by atoms with van der Waals surface area (Å²) in [5.74, 6) is 5.34. The Balaban J connectivity index is 2.25. The highest BCUT2D eigenvalue weighted by molar-refractivity contribution is 7.16. The molecule has 1 aliphatic heterocycles. The number of anilines is 1. The van der Waals surface area contributed by atoms with Gasteiger partial charge >= 0.3 is 0 Å². The van der Waals surface area contributed by atoms with Crippen LogP contribution in [0, 0.1) is 23.2 Å². The Hall–Kier alpha value is -1.71. The maximum Gasteiger partial charge on any atom is 0.242 e. The lowest BCUT2D eigenvalue weighted by atomic mass is 9.78. The van der Waals surface area contributed by atoms with Crippen LogP contribution in [0.2, 0.25) is 0 Å². The molecule has 6 heteroatoms. The number of carbonyl (C=O) groups is 2. The largest absolute Gasteiger partial charge is 0.395 e. The lowest BCUT2D eigenvalue weighted by molar-refractivity contribution is -0.126. The molecule has 1 aromatic rings. The van der Waals surface area contributed by atoms with Crippen LogP contribution in [0.3, 0.4) is 0 Å². The summed E-state index contributed by atoms with van der Waals surface area (Å²) in [7, 11) is 0. The lowest BCUT2D eigenvalue weighted by Crippen LogP contribution is -2.36. The molecule has 1 N–H and O–H groups in total. The Morgan fingerprint density at radius 3 is 2.81 bits per heavy atom. The van der Waals surface area contributed by atoms with Gasteiger partial charge in [-0.25, -0.2) is 9.88 Å². The molecule has 2 amide bonds. The maximum atomic E-state index is 12.6. The van der Waals surface area contributed by atoms with Gasteiger partial charge in [0, 0.05) is 12.8 Å². The summed E-state index contributed by atoms with van der Waals surface area (Å²) in [5, 5.41) is 9.07. The number of hydrogen-bond donors (Lipinski definition) is 1. The fourth-order valence-corrected chi connectivity index (χ4v) is 2.92. The fraction of sp³-hybridized carbons (Fsp3) is 0.533. The van der Waals surface area contributed by atoms with Crippen molar-refractivity contribution in [3.8, 4) is 11.8 Å². The molecule has 1 unspecified atom stereocenters. The molecule has 5 nitrogen and oxygen atoms in total. The number of nitrogens with zero attached hydrogens (tertiary/aromatic N) is 2. The van der Waals surface area contributed by atoms with Crippen molar-refractivity contribution < 1.29 is 14.7 Å². The topological polar surface area (TPSA) is 70.5 Å². The molecule has 1 fully saturated rings. The molecule has 112 valence electrons. The van der Waals surface area contributed by atoms with Crippen molar-refractivity contribution in [3.05, 3.63) is 11.1 Å². The summed E-state index contributed by atoms with van der Waals surface area (Å²) in [6, 6.07) is 0. The van der Waals surface area contributed by atoms with E-state index in [1.807, 2.05) is 20.8 Å². The van der Waals surface area contributed by atoms with Gasteiger partial charge in [0.05, 0.1) is 23.1 Å². The Kier molecular flexibility index (Phi) is 4.45. The van der Waals surface area contributed by atoms with Crippen LogP contribution in [0.5, 0.6) is 0 Å². The van der Waals surface area contributed by atoms with Gasteiger partial charge in [-0.2, -0.15) is 0 Å². The standard InChI is InChI=1S/C15H18N2O3S/c1-10(2)15(3)8-12(19)17(13(15)20)14-16-9-11(21-14)6-4-5-7-18/h9-10,18H,5,7-8H2,1-3H3. The molecule has 1 saturated heterocycles. The number of hydrogen-bond acceptors (Lipinski definition) is 5. The van der Waals surface area contributed by atoms with E-state index in [-0.39, 0.29) is 30.8 Å². The Morgan fingerprint density at radius 1 is 1.52 bits per heavy atom. The predicted molar refractivity (Wildman–Crippen MR) is 80.7 cm³/mol. The first-order valence-corrected chi connectivity index (χ1v) is 7.64. The molecule has 1 aromatic heterocycles. The molecule has 2 rings (SSSR count). The average molecular weight is 306 g/mol. The van der Waals surface area contributed by atoms with E-state index in [0.29, 0.717) is 16.4 Å². The van der Waals surface area contributed by atoms with Crippen LogP contribution < -0.4 is 4.90 Å². The minimum atomic E-state index is -0.661. The van der Waals surface area contributed by atoms with E-state index >= 15 is 0 Å².